The Morgan fingerprint density at radius 2 is 1.62 bits per heavy atom. The van der Waals surface area contributed by atoms with Gasteiger partial charge in [-0.15, -0.1) is 11.8 Å². The van der Waals surface area contributed by atoms with Gasteiger partial charge in [-0.2, -0.15) is 0 Å². The van der Waals surface area contributed by atoms with Crippen LogP contribution in [0, 0.1) is 6.92 Å². The van der Waals surface area contributed by atoms with Crippen LogP contribution in [0.15, 0.2) is 88.2 Å². The SMILES string of the molecule is Cc1cc(Br)ccc1NC(=O)CNC(=O)C(Sc1ccccc1)c1ccccc1. The third kappa shape index (κ3) is 6.21. The van der Waals surface area contributed by atoms with Crippen LogP contribution in [-0.2, 0) is 9.59 Å². The lowest BCUT2D eigenvalue weighted by molar-refractivity contribution is -0.123. The number of halogens is 1. The summed E-state index contributed by atoms with van der Waals surface area (Å²) in [6.07, 6.45) is 0. The number of anilines is 1. The number of aryl methyl sites for hydroxylation is 1. The standard InChI is InChI=1S/C23H21BrN2O2S/c1-16-14-18(24)12-13-20(16)26-21(27)15-25-23(28)22(17-8-4-2-5-9-17)29-19-10-6-3-7-11-19/h2-14,22H,15H2,1H3,(H,25,28)(H,26,27). The Hall–Kier alpha value is -2.57. The van der Waals surface area contributed by atoms with E-state index >= 15 is 0 Å². The van der Waals surface area contributed by atoms with Crippen LogP contribution >= 0.6 is 27.7 Å². The van der Waals surface area contributed by atoms with Gasteiger partial charge in [-0.1, -0.05) is 64.5 Å². The zero-order chi connectivity index (χ0) is 20.6. The summed E-state index contributed by atoms with van der Waals surface area (Å²) in [5.74, 6) is -0.465. The lowest BCUT2D eigenvalue weighted by Gasteiger charge is -2.17. The summed E-state index contributed by atoms with van der Waals surface area (Å²) in [5, 5.41) is 5.17. The average Bonchev–Trinajstić information content (AvgIpc) is 2.74. The maximum Gasteiger partial charge on any atom is 0.243 e. The molecule has 2 amide bonds. The number of hydrogen-bond acceptors (Lipinski definition) is 3. The summed E-state index contributed by atoms with van der Waals surface area (Å²) in [5.41, 5.74) is 2.56. The molecule has 0 aliphatic heterocycles. The minimum absolute atomic E-state index is 0.0903. The van der Waals surface area contributed by atoms with Crippen molar-refractivity contribution < 1.29 is 9.59 Å². The summed E-state index contributed by atoms with van der Waals surface area (Å²) in [6, 6.07) is 25.0. The summed E-state index contributed by atoms with van der Waals surface area (Å²) in [6.45, 7) is 1.83. The number of amides is 2. The zero-order valence-electron chi connectivity index (χ0n) is 15.9. The van der Waals surface area contributed by atoms with Crippen LogP contribution in [0.25, 0.3) is 0 Å². The molecule has 0 spiro atoms. The molecule has 0 aliphatic carbocycles. The van der Waals surface area contributed by atoms with E-state index in [1.54, 1.807) is 0 Å². The van der Waals surface area contributed by atoms with Crippen LogP contribution in [0.2, 0.25) is 0 Å². The molecule has 0 heterocycles. The van der Waals surface area contributed by atoms with Crippen LogP contribution in [0.3, 0.4) is 0 Å². The Bertz CT molecular complexity index is 981. The molecule has 1 atom stereocenters. The lowest BCUT2D eigenvalue weighted by atomic mass is 10.1. The normalized spacial score (nSPS) is 11.5. The second-order valence-electron chi connectivity index (χ2n) is 6.45. The predicted molar refractivity (Wildman–Crippen MR) is 122 cm³/mol. The Morgan fingerprint density at radius 1 is 0.966 bits per heavy atom. The van der Waals surface area contributed by atoms with E-state index in [1.807, 2.05) is 85.8 Å². The van der Waals surface area contributed by atoms with Crippen LogP contribution in [0.5, 0.6) is 0 Å². The van der Waals surface area contributed by atoms with Gasteiger partial charge < -0.3 is 10.6 Å². The van der Waals surface area contributed by atoms with Gasteiger partial charge >= 0.3 is 0 Å². The first-order valence-electron chi connectivity index (χ1n) is 9.13. The summed E-state index contributed by atoms with van der Waals surface area (Å²) in [7, 11) is 0. The number of hydrogen-bond donors (Lipinski definition) is 2. The highest BCUT2D eigenvalue weighted by molar-refractivity contribution is 9.10. The third-order valence-corrected chi connectivity index (χ3v) is 5.98. The average molecular weight is 469 g/mol. The van der Waals surface area contributed by atoms with Crippen LogP contribution in [0.4, 0.5) is 5.69 Å². The first-order chi connectivity index (χ1) is 14.0. The van der Waals surface area contributed by atoms with E-state index in [0.29, 0.717) is 0 Å². The Balaban J connectivity index is 1.65. The topological polar surface area (TPSA) is 58.2 Å². The van der Waals surface area contributed by atoms with E-state index in [4.69, 9.17) is 0 Å². The van der Waals surface area contributed by atoms with Crippen molar-refractivity contribution in [3.63, 3.8) is 0 Å². The molecule has 0 aromatic heterocycles. The first kappa shape index (κ1) is 21.1. The van der Waals surface area contributed by atoms with Gasteiger partial charge in [0.05, 0.1) is 6.54 Å². The molecule has 4 nitrogen and oxygen atoms in total. The molecule has 2 N–H and O–H groups in total. The molecule has 3 aromatic carbocycles. The van der Waals surface area contributed by atoms with Crippen molar-refractivity contribution in [3.8, 4) is 0 Å². The van der Waals surface area contributed by atoms with Crippen molar-refractivity contribution in [3.05, 3.63) is 94.5 Å². The van der Waals surface area contributed by atoms with Crippen LogP contribution in [0.1, 0.15) is 16.4 Å². The Kier molecular flexibility index (Phi) is 7.49. The van der Waals surface area contributed by atoms with Crippen LogP contribution < -0.4 is 10.6 Å². The largest absolute Gasteiger partial charge is 0.346 e. The minimum atomic E-state index is -0.444. The summed E-state index contributed by atoms with van der Waals surface area (Å²) < 4.78 is 0.949. The van der Waals surface area contributed by atoms with Crippen molar-refractivity contribution in [1.29, 1.82) is 0 Å². The highest BCUT2D eigenvalue weighted by atomic mass is 79.9. The van der Waals surface area contributed by atoms with Gasteiger partial charge in [0.15, 0.2) is 0 Å². The molecule has 0 saturated carbocycles. The maximum atomic E-state index is 12.9. The van der Waals surface area contributed by atoms with E-state index in [1.165, 1.54) is 11.8 Å². The maximum absolute atomic E-state index is 12.9. The molecule has 3 aromatic rings. The lowest BCUT2D eigenvalue weighted by Crippen LogP contribution is -2.35. The molecular weight excluding hydrogens is 448 g/mol. The Morgan fingerprint density at radius 3 is 2.28 bits per heavy atom. The van der Waals surface area contributed by atoms with Crippen molar-refractivity contribution in [2.45, 2.75) is 17.1 Å². The van der Waals surface area contributed by atoms with Crippen molar-refractivity contribution >= 4 is 45.2 Å². The molecule has 0 saturated heterocycles. The van der Waals surface area contributed by atoms with Gasteiger partial charge in [0.2, 0.25) is 11.8 Å². The molecule has 0 fully saturated rings. The molecule has 148 valence electrons. The number of benzene rings is 3. The van der Waals surface area contributed by atoms with E-state index in [9.17, 15) is 9.59 Å². The van der Waals surface area contributed by atoms with Crippen molar-refractivity contribution in [2.75, 3.05) is 11.9 Å². The second kappa shape index (κ2) is 10.3. The molecule has 0 radical (unpaired) electrons. The minimum Gasteiger partial charge on any atom is -0.346 e. The molecule has 6 heteroatoms. The van der Waals surface area contributed by atoms with Gasteiger partial charge in [0.1, 0.15) is 5.25 Å². The molecular formula is C23H21BrN2O2S. The van der Waals surface area contributed by atoms with Crippen LogP contribution in [-0.4, -0.2) is 18.4 Å². The number of carbonyl (C=O) groups excluding carboxylic acids is 2. The molecule has 0 aliphatic rings. The third-order valence-electron chi connectivity index (χ3n) is 4.22. The first-order valence-corrected chi connectivity index (χ1v) is 10.8. The second-order valence-corrected chi connectivity index (χ2v) is 8.54. The van der Waals surface area contributed by atoms with Gasteiger partial charge in [-0.25, -0.2) is 0 Å². The Labute approximate surface area is 183 Å². The van der Waals surface area contributed by atoms with Gasteiger partial charge in [-0.05, 0) is 48.4 Å². The molecule has 0 bridgehead atoms. The summed E-state index contributed by atoms with van der Waals surface area (Å²) in [4.78, 5) is 26.2. The van der Waals surface area contributed by atoms with E-state index in [2.05, 4.69) is 26.6 Å². The molecule has 1 unspecified atom stereocenters. The number of rotatable bonds is 7. The smallest absolute Gasteiger partial charge is 0.243 e. The van der Waals surface area contributed by atoms with Crippen molar-refractivity contribution in [2.24, 2.45) is 0 Å². The highest BCUT2D eigenvalue weighted by Crippen LogP contribution is 2.35. The number of thioether (sulfide) groups is 1. The highest BCUT2D eigenvalue weighted by Gasteiger charge is 2.22. The van der Waals surface area contributed by atoms with E-state index in [-0.39, 0.29) is 18.4 Å². The fourth-order valence-electron chi connectivity index (χ4n) is 2.76. The fourth-order valence-corrected chi connectivity index (χ4v) is 4.30. The van der Waals surface area contributed by atoms with Crippen molar-refractivity contribution in [1.82, 2.24) is 5.32 Å². The quantitative estimate of drug-likeness (QED) is 0.459. The predicted octanol–water partition coefficient (Wildman–Crippen LogP) is 5.35. The van der Waals surface area contributed by atoms with Gasteiger partial charge in [-0.3, -0.25) is 9.59 Å². The molecule has 29 heavy (non-hydrogen) atoms. The number of carbonyl (C=O) groups is 2. The molecule has 3 rings (SSSR count). The summed E-state index contributed by atoms with van der Waals surface area (Å²) >= 11 is 4.87. The van der Waals surface area contributed by atoms with Gasteiger partial charge in [0, 0.05) is 15.1 Å². The van der Waals surface area contributed by atoms with E-state index in [0.717, 1.165) is 26.2 Å². The monoisotopic (exact) mass is 468 g/mol. The van der Waals surface area contributed by atoms with Gasteiger partial charge in [0.25, 0.3) is 0 Å². The fraction of sp³-hybridized carbons (Fsp3) is 0.130. The van der Waals surface area contributed by atoms with E-state index < -0.39 is 5.25 Å². The zero-order valence-corrected chi connectivity index (χ0v) is 18.3. The number of nitrogens with one attached hydrogen (secondary N) is 2.